The lowest BCUT2D eigenvalue weighted by atomic mass is 10.1. The maximum absolute atomic E-state index is 13.0. The van der Waals surface area contributed by atoms with Gasteiger partial charge in [-0.25, -0.2) is 0 Å². The van der Waals surface area contributed by atoms with Gasteiger partial charge < -0.3 is 9.47 Å². The van der Waals surface area contributed by atoms with Crippen molar-refractivity contribution in [2.45, 2.75) is 13.8 Å². The van der Waals surface area contributed by atoms with Gasteiger partial charge >= 0.3 is 0 Å². The van der Waals surface area contributed by atoms with E-state index in [0.717, 1.165) is 16.8 Å². The van der Waals surface area contributed by atoms with Gasteiger partial charge in [-0.3, -0.25) is 9.69 Å². The van der Waals surface area contributed by atoms with Crippen LogP contribution in [-0.4, -0.2) is 23.4 Å². The number of ether oxygens (including phenoxy) is 2. The van der Waals surface area contributed by atoms with E-state index in [4.69, 9.17) is 28.1 Å². The maximum atomic E-state index is 13.0. The monoisotopic (exact) mass is 487 g/mol. The van der Waals surface area contributed by atoms with Gasteiger partial charge in [-0.15, -0.1) is 6.42 Å². The summed E-state index contributed by atoms with van der Waals surface area (Å²) in [4.78, 5) is 15.1. The van der Waals surface area contributed by atoms with Crippen molar-refractivity contribution in [1.82, 2.24) is 0 Å². The molecule has 1 saturated heterocycles. The quantitative estimate of drug-likeness (QED) is 0.302. The predicted octanol–water partition coefficient (Wildman–Crippen LogP) is 5.57. The molecule has 2 aromatic rings. The average molecular weight is 488 g/mol. The number of hydrogen-bond donors (Lipinski definition) is 0. The lowest BCUT2D eigenvalue weighted by Gasteiger charge is -2.15. The zero-order valence-corrected chi connectivity index (χ0v) is 19.1. The number of benzene rings is 2. The third-order valence-corrected chi connectivity index (χ3v) is 5.87. The summed E-state index contributed by atoms with van der Waals surface area (Å²) >= 11 is 10.2. The molecule has 0 aliphatic carbocycles. The Morgan fingerprint density at radius 2 is 2.10 bits per heavy atom. The largest absolute Gasteiger partial charge is 0.490 e. The molecular weight excluding hydrogens is 470 g/mol. The zero-order valence-electron chi connectivity index (χ0n) is 15.9. The minimum absolute atomic E-state index is 0.132. The number of amides is 1. The molecule has 148 valence electrons. The van der Waals surface area contributed by atoms with Crippen LogP contribution in [0.5, 0.6) is 11.5 Å². The highest BCUT2D eigenvalue weighted by atomic mass is 79.9. The Balaban J connectivity index is 1.95. The third kappa shape index (κ3) is 4.84. The van der Waals surface area contributed by atoms with Crippen molar-refractivity contribution in [1.29, 1.82) is 0 Å². The van der Waals surface area contributed by atoms with Crippen molar-refractivity contribution < 1.29 is 14.3 Å². The fourth-order valence-corrected chi connectivity index (χ4v) is 4.67. The number of anilines is 1. The summed E-state index contributed by atoms with van der Waals surface area (Å²) in [6.45, 7) is 4.47. The van der Waals surface area contributed by atoms with Crippen molar-refractivity contribution in [2.24, 2.45) is 0 Å². The van der Waals surface area contributed by atoms with Crippen LogP contribution in [0.1, 0.15) is 18.1 Å². The Hall–Kier alpha value is -2.27. The average Bonchev–Trinajstić information content (AvgIpc) is 2.94. The van der Waals surface area contributed by atoms with Crippen LogP contribution in [0.3, 0.4) is 0 Å². The molecule has 1 aliphatic heterocycles. The van der Waals surface area contributed by atoms with E-state index in [2.05, 4.69) is 21.9 Å². The molecule has 0 bridgehead atoms. The predicted molar refractivity (Wildman–Crippen MR) is 126 cm³/mol. The van der Waals surface area contributed by atoms with E-state index in [1.807, 2.05) is 50.2 Å². The first-order valence-electron chi connectivity index (χ1n) is 8.81. The fourth-order valence-electron chi connectivity index (χ4n) is 2.80. The Bertz CT molecular complexity index is 1040. The Kier molecular flexibility index (Phi) is 7.01. The van der Waals surface area contributed by atoms with Crippen LogP contribution >= 0.6 is 39.9 Å². The first-order valence-corrected chi connectivity index (χ1v) is 10.8. The second-order valence-electron chi connectivity index (χ2n) is 6.11. The number of rotatable bonds is 6. The number of hydrogen-bond acceptors (Lipinski definition) is 5. The van der Waals surface area contributed by atoms with Crippen LogP contribution in [0.15, 0.2) is 45.8 Å². The molecule has 1 heterocycles. The van der Waals surface area contributed by atoms with Gasteiger partial charge in [0, 0.05) is 0 Å². The van der Waals surface area contributed by atoms with Crippen molar-refractivity contribution >= 4 is 61.9 Å². The standard InChI is InChI=1S/C22H18BrNO3S2/c1-4-9-27-20-17(23)11-15(12-18(20)26-5-2)13-19-21(25)24(22(28)29-19)16-8-6-7-14(3)10-16/h1,6-8,10-13H,5,9H2,2-3H3/b19-13+. The number of halogens is 1. The van der Waals surface area contributed by atoms with E-state index in [-0.39, 0.29) is 12.5 Å². The molecule has 29 heavy (non-hydrogen) atoms. The van der Waals surface area contributed by atoms with Gasteiger partial charge in [0.2, 0.25) is 0 Å². The molecule has 4 nitrogen and oxygen atoms in total. The normalized spacial score (nSPS) is 15.0. The SMILES string of the molecule is C#CCOc1c(Br)cc(/C=C2/SC(=S)N(c3cccc(C)c3)C2=O)cc1OCC. The van der Waals surface area contributed by atoms with Crippen molar-refractivity contribution in [3.05, 3.63) is 56.9 Å². The van der Waals surface area contributed by atoms with Gasteiger partial charge in [0.25, 0.3) is 5.91 Å². The minimum atomic E-state index is -0.146. The van der Waals surface area contributed by atoms with Gasteiger partial charge in [-0.2, -0.15) is 0 Å². The first-order chi connectivity index (χ1) is 13.9. The number of carbonyl (C=O) groups excluding carboxylic acids is 1. The molecule has 1 amide bonds. The lowest BCUT2D eigenvalue weighted by molar-refractivity contribution is -0.113. The molecule has 0 atom stereocenters. The van der Waals surface area contributed by atoms with E-state index < -0.39 is 0 Å². The summed E-state index contributed by atoms with van der Waals surface area (Å²) in [5.74, 6) is 3.39. The van der Waals surface area contributed by atoms with Crippen LogP contribution < -0.4 is 14.4 Å². The first kappa shape index (κ1) is 21.4. The number of terminal acetylenes is 1. The van der Waals surface area contributed by atoms with Gasteiger partial charge in [-0.05, 0) is 71.2 Å². The highest BCUT2D eigenvalue weighted by molar-refractivity contribution is 9.10. The summed E-state index contributed by atoms with van der Waals surface area (Å²) in [7, 11) is 0. The Morgan fingerprint density at radius 3 is 2.79 bits per heavy atom. The van der Waals surface area contributed by atoms with Crippen molar-refractivity contribution in [2.75, 3.05) is 18.1 Å². The van der Waals surface area contributed by atoms with Crippen molar-refractivity contribution in [3.8, 4) is 23.8 Å². The molecule has 0 unspecified atom stereocenters. The minimum Gasteiger partial charge on any atom is -0.490 e. The summed E-state index contributed by atoms with van der Waals surface area (Å²) in [5.41, 5.74) is 2.62. The molecule has 0 N–H and O–H groups in total. The molecule has 0 aromatic heterocycles. The highest BCUT2D eigenvalue weighted by Crippen LogP contribution is 2.40. The van der Waals surface area contributed by atoms with Crippen LogP contribution in [0.4, 0.5) is 5.69 Å². The molecule has 7 heteroatoms. The zero-order chi connectivity index (χ0) is 21.0. The van der Waals surface area contributed by atoms with Crippen LogP contribution in [0.25, 0.3) is 6.08 Å². The number of thioether (sulfide) groups is 1. The second kappa shape index (κ2) is 9.49. The molecular formula is C22H18BrNO3S2. The van der Waals surface area contributed by atoms with Gasteiger partial charge in [-0.1, -0.05) is 42.0 Å². The van der Waals surface area contributed by atoms with E-state index in [1.165, 1.54) is 11.8 Å². The smallest absolute Gasteiger partial charge is 0.270 e. The maximum Gasteiger partial charge on any atom is 0.270 e. The van der Waals surface area contributed by atoms with Gasteiger partial charge in [0.15, 0.2) is 15.8 Å². The molecule has 0 spiro atoms. The summed E-state index contributed by atoms with van der Waals surface area (Å²) in [6.07, 6.45) is 7.09. The second-order valence-corrected chi connectivity index (χ2v) is 8.64. The third-order valence-electron chi connectivity index (χ3n) is 3.98. The van der Waals surface area contributed by atoms with Crippen LogP contribution in [-0.2, 0) is 4.79 Å². The van der Waals surface area contributed by atoms with E-state index in [9.17, 15) is 4.79 Å². The van der Waals surface area contributed by atoms with Crippen LogP contribution in [0, 0.1) is 19.3 Å². The molecule has 1 fully saturated rings. The summed E-state index contributed by atoms with van der Waals surface area (Å²) in [6, 6.07) is 11.4. The Morgan fingerprint density at radius 1 is 1.31 bits per heavy atom. The number of nitrogens with zero attached hydrogens (tertiary/aromatic N) is 1. The van der Waals surface area contributed by atoms with E-state index >= 15 is 0 Å². The highest BCUT2D eigenvalue weighted by Gasteiger charge is 2.33. The number of thiocarbonyl (C=S) groups is 1. The molecule has 1 aliphatic rings. The topological polar surface area (TPSA) is 38.8 Å². The molecule has 0 radical (unpaired) electrons. The van der Waals surface area contributed by atoms with Gasteiger partial charge in [0.1, 0.15) is 6.61 Å². The van der Waals surface area contributed by atoms with Crippen molar-refractivity contribution in [3.63, 3.8) is 0 Å². The number of aryl methyl sites for hydroxylation is 1. The lowest BCUT2D eigenvalue weighted by Crippen LogP contribution is -2.27. The van der Waals surface area contributed by atoms with E-state index in [0.29, 0.717) is 31.8 Å². The molecule has 2 aromatic carbocycles. The molecule has 3 rings (SSSR count). The van der Waals surface area contributed by atoms with E-state index in [1.54, 1.807) is 11.0 Å². The summed E-state index contributed by atoms with van der Waals surface area (Å²) < 4.78 is 12.5. The Labute approximate surface area is 188 Å². The molecule has 0 saturated carbocycles. The number of carbonyl (C=O) groups is 1. The fraction of sp³-hybridized carbons (Fsp3) is 0.182. The van der Waals surface area contributed by atoms with Gasteiger partial charge in [0.05, 0.1) is 21.7 Å². The van der Waals surface area contributed by atoms with Crippen LogP contribution in [0.2, 0.25) is 0 Å². The summed E-state index contributed by atoms with van der Waals surface area (Å²) in [5, 5.41) is 0.